The van der Waals surface area contributed by atoms with Crippen molar-refractivity contribution >= 4 is 0 Å². The first-order valence-corrected chi connectivity index (χ1v) is 2.10. The molecular formula is C5H9NO. The molecule has 7 heavy (non-hydrogen) atoms. The fourth-order valence-corrected chi connectivity index (χ4v) is 0.180. The zero-order valence-electron chi connectivity index (χ0n) is 4.35. The summed E-state index contributed by atoms with van der Waals surface area (Å²) in [6.07, 6.45) is 6.77. The molecule has 0 amide bonds. The molecule has 2 nitrogen and oxygen atoms in total. The van der Waals surface area contributed by atoms with Crippen LogP contribution in [-0.4, -0.2) is 12.6 Å². The van der Waals surface area contributed by atoms with Gasteiger partial charge in [-0.3, -0.25) is 0 Å². The lowest BCUT2D eigenvalue weighted by Gasteiger charge is -1.98. The van der Waals surface area contributed by atoms with Crippen molar-refractivity contribution in [3.8, 4) is 12.5 Å². The fourth-order valence-electron chi connectivity index (χ4n) is 0.180. The summed E-state index contributed by atoms with van der Waals surface area (Å²) in [5.74, 6) is 0. The summed E-state index contributed by atoms with van der Waals surface area (Å²) >= 11 is 0. The van der Waals surface area contributed by atoms with E-state index in [1.807, 2.05) is 13.0 Å². The van der Waals surface area contributed by atoms with Crippen molar-refractivity contribution in [2.75, 3.05) is 6.61 Å². The molecule has 0 bridgehead atoms. The van der Waals surface area contributed by atoms with Gasteiger partial charge in [0.05, 0.1) is 0 Å². The minimum absolute atomic E-state index is 0.0380. The van der Waals surface area contributed by atoms with Gasteiger partial charge in [-0.15, -0.1) is 0 Å². The molecule has 0 spiro atoms. The molecule has 0 rings (SSSR count). The molecule has 2 heteroatoms. The minimum Gasteiger partial charge on any atom is -0.445 e. The standard InChI is InChI=1S/C5H9NO/c1-3-7-4-5(2)6/h1,5H,4,6H2,2H3/t5-/m1/s1. The highest BCUT2D eigenvalue weighted by Gasteiger charge is 1.87. The minimum atomic E-state index is 0.0380. The lowest BCUT2D eigenvalue weighted by molar-refractivity contribution is 0.259. The van der Waals surface area contributed by atoms with Gasteiger partial charge in [0, 0.05) is 6.04 Å². The molecule has 0 saturated carbocycles. The summed E-state index contributed by atoms with van der Waals surface area (Å²) in [5, 5.41) is 0. The van der Waals surface area contributed by atoms with E-state index in [2.05, 4.69) is 4.74 Å². The van der Waals surface area contributed by atoms with Crippen LogP contribution in [0.3, 0.4) is 0 Å². The van der Waals surface area contributed by atoms with Crippen molar-refractivity contribution in [1.29, 1.82) is 0 Å². The number of rotatable bonds is 2. The Labute approximate surface area is 43.7 Å². The Bertz CT molecular complexity index is 72.6. The van der Waals surface area contributed by atoms with Crippen LogP contribution in [0.25, 0.3) is 0 Å². The highest BCUT2D eigenvalue weighted by molar-refractivity contribution is 4.69. The van der Waals surface area contributed by atoms with E-state index >= 15 is 0 Å². The summed E-state index contributed by atoms with van der Waals surface area (Å²) in [6.45, 7) is 2.27. The second-order valence-electron chi connectivity index (χ2n) is 1.41. The van der Waals surface area contributed by atoms with Crippen molar-refractivity contribution in [2.24, 2.45) is 5.73 Å². The monoisotopic (exact) mass is 99.1 g/mol. The van der Waals surface area contributed by atoms with E-state index in [4.69, 9.17) is 12.2 Å². The Morgan fingerprint density at radius 2 is 2.57 bits per heavy atom. The van der Waals surface area contributed by atoms with Crippen molar-refractivity contribution in [3.05, 3.63) is 0 Å². The number of ether oxygens (including phenoxy) is 1. The highest BCUT2D eigenvalue weighted by atomic mass is 16.5. The Balaban J connectivity index is 2.86. The average Bonchev–Trinajstić information content (AvgIpc) is 1.61. The van der Waals surface area contributed by atoms with Crippen LogP contribution in [0.15, 0.2) is 0 Å². The topological polar surface area (TPSA) is 35.2 Å². The van der Waals surface area contributed by atoms with Gasteiger partial charge in [-0.05, 0) is 6.92 Å². The Kier molecular flexibility index (Phi) is 3.17. The Morgan fingerprint density at radius 3 is 2.71 bits per heavy atom. The lowest BCUT2D eigenvalue weighted by atomic mass is 10.4. The van der Waals surface area contributed by atoms with Gasteiger partial charge in [-0.25, -0.2) is 0 Å². The van der Waals surface area contributed by atoms with Gasteiger partial charge in [0.1, 0.15) is 12.7 Å². The predicted octanol–water partition coefficient (Wildman–Crippen LogP) is -0.0591. The maximum Gasteiger partial charge on any atom is 0.115 e. The molecule has 0 saturated heterocycles. The molecule has 0 aromatic carbocycles. The summed E-state index contributed by atoms with van der Waals surface area (Å²) in [6, 6.07) is 0.0380. The van der Waals surface area contributed by atoms with Gasteiger partial charge < -0.3 is 10.5 Å². The molecule has 2 N–H and O–H groups in total. The third-order valence-corrected chi connectivity index (χ3v) is 0.430. The van der Waals surface area contributed by atoms with E-state index in [9.17, 15) is 0 Å². The lowest BCUT2D eigenvalue weighted by Crippen LogP contribution is -2.20. The van der Waals surface area contributed by atoms with Crippen LogP contribution in [0, 0.1) is 12.5 Å². The van der Waals surface area contributed by atoms with Gasteiger partial charge in [-0.1, -0.05) is 6.42 Å². The molecule has 0 aliphatic heterocycles. The average molecular weight is 99.1 g/mol. The van der Waals surface area contributed by atoms with E-state index < -0.39 is 0 Å². The molecule has 1 atom stereocenters. The van der Waals surface area contributed by atoms with Crippen molar-refractivity contribution in [3.63, 3.8) is 0 Å². The van der Waals surface area contributed by atoms with Crippen molar-refractivity contribution < 1.29 is 4.74 Å². The molecule has 0 aliphatic rings. The predicted molar refractivity (Wildman–Crippen MR) is 28.4 cm³/mol. The first-order valence-electron chi connectivity index (χ1n) is 2.10. The molecule has 0 radical (unpaired) electrons. The number of nitrogens with two attached hydrogens (primary N) is 1. The van der Waals surface area contributed by atoms with Crippen LogP contribution in [-0.2, 0) is 4.74 Å². The molecule has 0 unspecified atom stereocenters. The Hall–Kier alpha value is -0.680. The first-order chi connectivity index (χ1) is 3.27. The second-order valence-corrected chi connectivity index (χ2v) is 1.41. The van der Waals surface area contributed by atoms with Crippen LogP contribution < -0.4 is 5.73 Å². The number of hydrogen-bond acceptors (Lipinski definition) is 2. The normalized spacial score (nSPS) is 12.1. The molecule has 0 fully saturated rings. The summed E-state index contributed by atoms with van der Waals surface area (Å²) in [5.41, 5.74) is 5.26. The van der Waals surface area contributed by atoms with E-state index in [0.29, 0.717) is 6.61 Å². The summed E-state index contributed by atoms with van der Waals surface area (Å²) in [7, 11) is 0. The second kappa shape index (κ2) is 3.51. The van der Waals surface area contributed by atoms with Crippen LogP contribution in [0.1, 0.15) is 6.92 Å². The summed E-state index contributed by atoms with van der Waals surface area (Å²) in [4.78, 5) is 0. The van der Waals surface area contributed by atoms with Gasteiger partial charge in [0.25, 0.3) is 0 Å². The molecule has 0 aliphatic carbocycles. The van der Waals surface area contributed by atoms with Gasteiger partial charge in [-0.2, -0.15) is 0 Å². The highest BCUT2D eigenvalue weighted by Crippen LogP contribution is 1.73. The van der Waals surface area contributed by atoms with Crippen LogP contribution in [0.4, 0.5) is 0 Å². The smallest absolute Gasteiger partial charge is 0.115 e. The molecule has 40 valence electrons. The Morgan fingerprint density at radius 1 is 2.00 bits per heavy atom. The SMILES string of the molecule is C#COC[C@@H](C)N. The van der Waals surface area contributed by atoms with Crippen LogP contribution >= 0.6 is 0 Å². The number of terminal acetylenes is 1. The fraction of sp³-hybridized carbons (Fsp3) is 0.600. The van der Waals surface area contributed by atoms with Crippen molar-refractivity contribution in [1.82, 2.24) is 0 Å². The van der Waals surface area contributed by atoms with Gasteiger partial charge >= 0.3 is 0 Å². The largest absolute Gasteiger partial charge is 0.445 e. The van der Waals surface area contributed by atoms with Crippen LogP contribution in [0.5, 0.6) is 0 Å². The van der Waals surface area contributed by atoms with Gasteiger partial charge in [0.2, 0.25) is 0 Å². The van der Waals surface area contributed by atoms with E-state index in [1.165, 1.54) is 0 Å². The molecular weight excluding hydrogens is 90.1 g/mol. The molecule has 0 heterocycles. The zero-order valence-corrected chi connectivity index (χ0v) is 4.35. The first kappa shape index (κ1) is 6.32. The van der Waals surface area contributed by atoms with E-state index in [-0.39, 0.29) is 6.04 Å². The number of hydrogen-bond donors (Lipinski definition) is 1. The van der Waals surface area contributed by atoms with Gasteiger partial charge in [0.15, 0.2) is 0 Å². The third kappa shape index (κ3) is 5.32. The van der Waals surface area contributed by atoms with E-state index in [0.717, 1.165) is 0 Å². The quantitative estimate of drug-likeness (QED) is 0.492. The maximum atomic E-state index is 5.26. The molecule has 0 aromatic rings. The maximum absolute atomic E-state index is 5.26. The van der Waals surface area contributed by atoms with Crippen LogP contribution in [0.2, 0.25) is 0 Å². The summed E-state index contributed by atoms with van der Waals surface area (Å²) < 4.78 is 4.50. The zero-order chi connectivity index (χ0) is 5.70. The molecule has 0 aromatic heterocycles. The van der Waals surface area contributed by atoms with Crippen molar-refractivity contribution in [2.45, 2.75) is 13.0 Å². The van der Waals surface area contributed by atoms with E-state index in [1.54, 1.807) is 0 Å². The third-order valence-electron chi connectivity index (χ3n) is 0.430.